The van der Waals surface area contributed by atoms with Crippen molar-refractivity contribution in [2.75, 3.05) is 0 Å². The van der Waals surface area contributed by atoms with Crippen LogP contribution >= 0.6 is 0 Å². The van der Waals surface area contributed by atoms with E-state index in [0.29, 0.717) is 0 Å². The van der Waals surface area contributed by atoms with Crippen LogP contribution in [-0.4, -0.2) is 69.8 Å². The van der Waals surface area contributed by atoms with Crippen LogP contribution in [0.15, 0.2) is 414 Å². The van der Waals surface area contributed by atoms with Crippen molar-refractivity contribution in [3.05, 3.63) is 497 Å². The molecule has 8 aromatic carbocycles. The molecule has 0 fully saturated rings. The fourth-order valence-electron chi connectivity index (χ4n) is 11.7. The van der Waals surface area contributed by atoms with E-state index in [2.05, 4.69) is 124 Å². The molecule has 12 aromatic heterocycles. The molecular formula is C112H86Ir4N14-8. The zero-order chi connectivity index (χ0) is 99.5. The van der Waals surface area contributed by atoms with E-state index in [1.807, 2.05) is 268 Å². The van der Waals surface area contributed by atoms with Crippen molar-refractivity contribution in [3.8, 4) is 135 Å². The third-order valence-corrected chi connectivity index (χ3v) is 18.0. The van der Waals surface area contributed by atoms with Gasteiger partial charge in [-0.05, 0) is 144 Å². The second-order valence-electron chi connectivity index (χ2n) is 26.9. The molecule has 20 rings (SSSR count). The number of rotatable bonds is 12. The van der Waals surface area contributed by atoms with Crippen LogP contribution in [0.3, 0.4) is 0 Å². The molecule has 130 heavy (non-hydrogen) atoms. The minimum absolute atomic E-state index is 0. The summed E-state index contributed by atoms with van der Waals surface area (Å²) in [6.45, 7) is -8.66. The first-order valence-electron chi connectivity index (χ1n) is 46.9. The third-order valence-electron chi connectivity index (χ3n) is 18.0. The number of pyridine rings is 10. The summed E-state index contributed by atoms with van der Waals surface area (Å²) in [5.74, 6) is 0.762. The van der Waals surface area contributed by atoms with Gasteiger partial charge in [0.2, 0.25) is 0 Å². The van der Waals surface area contributed by atoms with Gasteiger partial charge in [-0.25, -0.2) is 19.9 Å². The Morgan fingerprint density at radius 3 is 0.715 bits per heavy atom. The summed E-state index contributed by atoms with van der Waals surface area (Å²) in [6, 6.07) is 126. The van der Waals surface area contributed by atoms with Crippen LogP contribution in [0.5, 0.6) is 0 Å². The average Bonchev–Trinajstić information content (AvgIpc) is 0.785. The first kappa shape index (κ1) is 79.4. The summed E-state index contributed by atoms with van der Waals surface area (Å²) in [5, 5.41) is 0. The van der Waals surface area contributed by atoms with Gasteiger partial charge in [-0.3, -0.25) is 9.97 Å². The monoisotopic (exact) mass is 2410 g/mol. The molecular weight excluding hydrogens is 2310 g/mol. The summed E-state index contributed by atoms with van der Waals surface area (Å²) in [7, 11) is 0. The number of hydrogen-bond acceptors (Lipinski definition) is 14. The summed E-state index contributed by atoms with van der Waals surface area (Å²) < 4.78 is 109. The van der Waals surface area contributed by atoms with Crippen LogP contribution in [0.25, 0.3) is 135 Å². The summed E-state index contributed by atoms with van der Waals surface area (Å²) >= 11 is 0. The van der Waals surface area contributed by atoms with Crippen LogP contribution < -0.4 is 0 Å². The molecule has 0 unspecified atom stereocenters. The van der Waals surface area contributed by atoms with E-state index in [0.717, 1.165) is 141 Å². The van der Waals surface area contributed by atoms with E-state index in [1.54, 1.807) is 110 Å². The Hall–Kier alpha value is -14.0. The van der Waals surface area contributed by atoms with Crippen molar-refractivity contribution in [2.24, 2.45) is 0 Å². The molecule has 14 nitrogen and oxygen atoms in total. The van der Waals surface area contributed by atoms with Crippen LogP contribution in [0, 0.1) is 89.7 Å². The molecule has 0 aliphatic carbocycles. The molecule has 0 amide bonds. The van der Waals surface area contributed by atoms with E-state index in [9.17, 15) is 0 Å². The first-order valence-corrected chi connectivity index (χ1v) is 39.4. The van der Waals surface area contributed by atoms with E-state index >= 15 is 0 Å². The molecule has 0 atom stereocenters. The number of nitrogens with zero attached hydrogens (tertiary/aromatic N) is 14. The number of aromatic nitrogens is 14. The van der Waals surface area contributed by atoms with Crippen molar-refractivity contribution < 1.29 is 101 Å². The van der Waals surface area contributed by atoms with Crippen LogP contribution in [0.2, 0.25) is 0 Å². The quantitative estimate of drug-likeness (QED) is 0.105. The Kier molecular flexibility index (Phi) is 33.1. The Bertz CT molecular complexity index is 6530. The van der Waals surface area contributed by atoms with Crippen LogP contribution in [0.1, 0.15) is 54.3 Å². The molecule has 0 aliphatic rings. The van der Waals surface area contributed by atoms with Gasteiger partial charge in [0.1, 0.15) is 12.2 Å². The minimum atomic E-state index is -2.18. The second kappa shape index (κ2) is 54.2. The number of benzene rings is 8. The van der Waals surface area contributed by atoms with Gasteiger partial charge in [0.25, 0.3) is 0 Å². The second-order valence-corrected chi connectivity index (χ2v) is 26.9. The molecule has 648 valence electrons. The molecule has 0 aliphatic heterocycles. The van der Waals surface area contributed by atoms with Gasteiger partial charge in [-0.2, -0.15) is 0 Å². The summed E-state index contributed by atoms with van der Waals surface area (Å²) in [6.07, 6.45) is 23.0. The maximum absolute atomic E-state index is 7.33. The molecule has 0 bridgehead atoms. The maximum atomic E-state index is 7.33. The molecule has 0 N–H and O–H groups in total. The van der Waals surface area contributed by atoms with Crippen molar-refractivity contribution in [1.82, 2.24) is 69.8 Å². The van der Waals surface area contributed by atoms with Crippen molar-refractivity contribution >= 4 is 0 Å². The van der Waals surface area contributed by atoms with E-state index in [-0.39, 0.29) is 108 Å². The summed E-state index contributed by atoms with van der Waals surface area (Å²) in [5.41, 5.74) is 22.6. The number of hydrogen-bond donors (Lipinski definition) is 0. The van der Waals surface area contributed by atoms with E-state index in [4.69, 9.17) is 20.6 Å². The fraction of sp³-hybridized carbons (Fsp3) is 0.0536. The van der Waals surface area contributed by atoms with Gasteiger partial charge in [0, 0.05) is 209 Å². The van der Waals surface area contributed by atoms with Gasteiger partial charge >= 0.3 is 0 Å². The van der Waals surface area contributed by atoms with Gasteiger partial charge in [-0.15, -0.1) is 287 Å². The third kappa shape index (κ3) is 31.8. The Morgan fingerprint density at radius 2 is 0.485 bits per heavy atom. The smallest absolute Gasteiger partial charge is 0.125 e. The molecule has 18 heteroatoms. The number of aryl methyl sites for hydroxylation is 6. The molecule has 4 radical (unpaired) electrons. The zero-order valence-corrected chi connectivity index (χ0v) is 78.9. The Balaban J connectivity index is 0.000000184. The van der Waals surface area contributed by atoms with Crippen molar-refractivity contribution in [2.45, 2.75) is 41.2 Å². The molecule has 12 heterocycles. The first-order chi connectivity index (χ1) is 68.0. The largest absolute Gasteiger partial charge is 0.304 e. The fourth-order valence-corrected chi connectivity index (χ4v) is 11.7. The zero-order valence-electron chi connectivity index (χ0n) is 84.4. The standard InChI is InChI=1S/C17H13N2.C16H12N3.C16H11N2.C15H10N3.4C12H10N.4Ir/c1-13-7-8-15(11-18-13)16-9-10-17(19-12-16)14-5-3-2-4-6-14;1-12-17-10-9-16(19-12)14-7-8-15(18-11-14)13-5-3-2-4-6-13;1-2-5-13(6-3-1)16-9-8-15(12-18-16)14-7-4-10-17-11-14;1-2-4-12(5-3-1)14-7-6-13(10-17-14)15-8-9-16-11-18-15;4*1-10-7-8-12(13-9-10)11-5-3-2-4-6-11;;;;/h2-5,7-12H,1H3;2-5,7-11H,1H3;1-5,7-12H;1-4,6-11H;4*2-5,7-9H,1H3;;;;/q8*-1;;;;/i1D3;;;;4*1D3;;;;. The Morgan fingerprint density at radius 1 is 0.200 bits per heavy atom. The van der Waals surface area contributed by atoms with Crippen LogP contribution in [0.4, 0.5) is 0 Å². The molecule has 0 saturated heterocycles. The Labute approximate surface area is 837 Å². The van der Waals surface area contributed by atoms with Crippen molar-refractivity contribution in [3.63, 3.8) is 0 Å². The predicted octanol–water partition coefficient (Wildman–Crippen LogP) is 25.3. The topological polar surface area (TPSA) is 180 Å². The molecule has 0 saturated carbocycles. The predicted molar refractivity (Wildman–Crippen MR) is 505 cm³/mol. The average molecular weight is 2410 g/mol. The maximum Gasteiger partial charge on any atom is 0.125 e. The SMILES string of the molecule is Cc1nccc(-c2ccc(-c3[c-]cccc3)nc2)n1.[2H]C([2H])([2H])c1ccc(-c2[c-]cccc2)nc1.[2H]C([2H])([2H])c1ccc(-c2[c-]cccc2)nc1.[2H]C([2H])([2H])c1ccc(-c2[c-]cccc2)nc1.[2H]C([2H])([2H])c1ccc(-c2[c-]cccc2)nc1.[2H]C([2H])([2H])c1ccc(-c2ccc(-c3[c-]cccc3)nc2)cn1.[Ir].[Ir].[Ir].[Ir].[c-]1ccccc1-c1ccc(-c2cccnc2)cn1.[c-]1ccccc1-c1ccc(-c2ccncn2)cn1. The van der Waals surface area contributed by atoms with Crippen LogP contribution in [-0.2, 0) is 80.4 Å². The van der Waals surface area contributed by atoms with Gasteiger partial charge in [0.15, 0.2) is 0 Å². The van der Waals surface area contributed by atoms with E-state index in [1.165, 1.54) is 37.2 Å². The normalized spacial score (nSPS) is 12.0. The molecule has 20 aromatic rings. The van der Waals surface area contributed by atoms with Gasteiger partial charge < -0.3 is 39.9 Å². The van der Waals surface area contributed by atoms with E-state index < -0.39 is 34.3 Å². The van der Waals surface area contributed by atoms with Crippen molar-refractivity contribution in [1.29, 1.82) is 0 Å². The minimum Gasteiger partial charge on any atom is -0.304 e. The summed E-state index contributed by atoms with van der Waals surface area (Å²) in [4.78, 5) is 59.0. The van der Waals surface area contributed by atoms with Gasteiger partial charge in [0.05, 0.1) is 11.4 Å². The van der Waals surface area contributed by atoms with Gasteiger partial charge in [-0.1, -0.05) is 109 Å². The molecule has 0 spiro atoms.